The number of amides is 1. The summed E-state index contributed by atoms with van der Waals surface area (Å²) < 4.78 is 0. The van der Waals surface area contributed by atoms with Gasteiger partial charge in [0.05, 0.1) is 5.92 Å². The number of fused-ring (bicyclic) bond motifs is 1. The molecule has 3 unspecified atom stereocenters. The number of aliphatic carboxylic acids is 1. The van der Waals surface area contributed by atoms with Gasteiger partial charge in [0.1, 0.15) is 0 Å². The smallest absolute Gasteiger partial charge is 0.307 e. The molecule has 1 aliphatic heterocycles. The number of carbonyl (C=O) groups excluding carboxylic acids is 1. The van der Waals surface area contributed by atoms with Crippen LogP contribution in [0.4, 0.5) is 0 Å². The lowest BCUT2D eigenvalue weighted by Crippen LogP contribution is -2.41. The van der Waals surface area contributed by atoms with E-state index in [-0.39, 0.29) is 23.2 Å². The third-order valence-corrected chi connectivity index (χ3v) is 6.87. The normalized spacial score (nSPS) is 28.9. The minimum Gasteiger partial charge on any atom is -0.481 e. The van der Waals surface area contributed by atoms with E-state index in [4.69, 9.17) is 0 Å². The number of rotatable bonds is 3. The van der Waals surface area contributed by atoms with Crippen LogP contribution in [0.1, 0.15) is 37.2 Å². The summed E-state index contributed by atoms with van der Waals surface area (Å²) in [5.41, 5.74) is 1.26. The van der Waals surface area contributed by atoms with E-state index in [9.17, 15) is 14.7 Å². The van der Waals surface area contributed by atoms with Crippen molar-refractivity contribution >= 4 is 22.6 Å². The summed E-state index contributed by atoms with van der Waals surface area (Å²) in [7, 11) is 0. The molecule has 3 aliphatic rings. The molecule has 4 nitrogen and oxygen atoms in total. The van der Waals surface area contributed by atoms with Gasteiger partial charge in [-0.2, -0.15) is 0 Å². The molecule has 2 aliphatic carbocycles. The third kappa shape index (κ3) is 2.51. The zero-order chi connectivity index (χ0) is 17.9. The Morgan fingerprint density at radius 3 is 2.46 bits per heavy atom. The maximum Gasteiger partial charge on any atom is 0.307 e. The highest BCUT2D eigenvalue weighted by molar-refractivity contribution is 5.86. The SMILES string of the molecule is O=C(O)C1CC12CCN(C(=O)C1CC1c1ccc3ccccc3c1)CC2. The Balaban J connectivity index is 1.23. The van der Waals surface area contributed by atoms with E-state index in [0.29, 0.717) is 5.92 Å². The first-order chi connectivity index (χ1) is 12.6. The lowest BCUT2D eigenvalue weighted by Gasteiger charge is -2.33. The molecule has 2 saturated carbocycles. The fourth-order valence-corrected chi connectivity index (χ4v) is 4.93. The molecular formula is C22H23NO3. The van der Waals surface area contributed by atoms with Crippen LogP contribution < -0.4 is 0 Å². The Hall–Kier alpha value is -2.36. The van der Waals surface area contributed by atoms with Crippen molar-refractivity contribution in [2.24, 2.45) is 17.3 Å². The van der Waals surface area contributed by atoms with Crippen LogP contribution >= 0.6 is 0 Å². The fraction of sp³-hybridized carbons (Fsp3) is 0.455. The van der Waals surface area contributed by atoms with Gasteiger partial charge in [0.2, 0.25) is 5.91 Å². The summed E-state index contributed by atoms with van der Waals surface area (Å²) in [6.45, 7) is 1.45. The highest BCUT2D eigenvalue weighted by Crippen LogP contribution is 2.60. The Labute approximate surface area is 152 Å². The number of nitrogens with zero attached hydrogens (tertiary/aromatic N) is 1. The molecule has 0 radical (unpaired) electrons. The molecule has 4 heteroatoms. The second-order valence-electron chi connectivity index (χ2n) is 8.34. The number of carbonyl (C=O) groups is 2. The van der Waals surface area contributed by atoms with Crippen molar-refractivity contribution in [3.05, 3.63) is 48.0 Å². The van der Waals surface area contributed by atoms with Crippen LogP contribution in [0.25, 0.3) is 10.8 Å². The first-order valence-electron chi connectivity index (χ1n) is 9.58. The largest absolute Gasteiger partial charge is 0.481 e. The van der Waals surface area contributed by atoms with Gasteiger partial charge in [0.25, 0.3) is 0 Å². The number of piperidine rings is 1. The topological polar surface area (TPSA) is 57.6 Å². The first-order valence-corrected chi connectivity index (χ1v) is 9.58. The first kappa shape index (κ1) is 15.9. The number of hydrogen-bond acceptors (Lipinski definition) is 2. The fourth-order valence-electron chi connectivity index (χ4n) is 4.93. The van der Waals surface area contributed by atoms with Gasteiger partial charge >= 0.3 is 5.97 Å². The number of likely N-dealkylation sites (tertiary alicyclic amines) is 1. The predicted octanol–water partition coefficient (Wildman–Crippen LogP) is 3.66. The number of carboxylic acids is 1. The molecule has 134 valence electrons. The molecule has 1 spiro atoms. The summed E-state index contributed by atoms with van der Waals surface area (Å²) in [5.74, 6) is -0.115. The Morgan fingerprint density at radius 1 is 1.04 bits per heavy atom. The van der Waals surface area contributed by atoms with Crippen LogP contribution in [0.15, 0.2) is 42.5 Å². The average Bonchev–Trinajstić information content (AvgIpc) is 3.57. The lowest BCUT2D eigenvalue weighted by atomic mass is 9.90. The van der Waals surface area contributed by atoms with Gasteiger partial charge in [-0.1, -0.05) is 42.5 Å². The lowest BCUT2D eigenvalue weighted by molar-refractivity contribution is -0.140. The molecule has 3 atom stereocenters. The molecule has 26 heavy (non-hydrogen) atoms. The second-order valence-corrected chi connectivity index (χ2v) is 8.34. The van der Waals surface area contributed by atoms with Crippen LogP contribution in [-0.2, 0) is 9.59 Å². The second kappa shape index (κ2) is 5.57. The van der Waals surface area contributed by atoms with Crippen LogP contribution in [0.2, 0.25) is 0 Å². The zero-order valence-corrected chi connectivity index (χ0v) is 14.7. The maximum atomic E-state index is 12.9. The van der Waals surface area contributed by atoms with E-state index in [2.05, 4.69) is 30.3 Å². The molecule has 1 saturated heterocycles. The van der Waals surface area contributed by atoms with Crippen molar-refractivity contribution < 1.29 is 14.7 Å². The molecule has 1 heterocycles. The van der Waals surface area contributed by atoms with Crippen LogP contribution in [0, 0.1) is 17.3 Å². The Kier molecular flexibility index (Phi) is 3.40. The molecule has 2 aromatic carbocycles. The van der Waals surface area contributed by atoms with Crippen molar-refractivity contribution in [2.75, 3.05) is 13.1 Å². The minimum absolute atomic E-state index is 0.0100. The Morgan fingerprint density at radius 2 is 1.77 bits per heavy atom. The summed E-state index contributed by atoms with van der Waals surface area (Å²) in [5, 5.41) is 11.7. The highest BCUT2D eigenvalue weighted by Gasteiger charge is 2.59. The monoisotopic (exact) mass is 349 g/mol. The third-order valence-electron chi connectivity index (χ3n) is 6.87. The van der Waals surface area contributed by atoms with Crippen LogP contribution in [-0.4, -0.2) is 35.0 Å². The molecule has 3 fully saturated rings. The van der Waals surface area contributed by atoms with Crippen molar-refractivity contribution in [3.63, 3.8) is 0 Å². The summed E-state index contributed by atoms with van der Waals surface area (Å²) in [4.78, 5) is 26.0. The summed E-state index contributed by atoms with van der Waals surface area (Å²) >= 11 is 0. The van der Waals surface area contributed by atoms with Gasteiger partial charge in [-0.15, -0.1) is 0 Å². The summed E-state index contributed by atoms with van der Waals surface area (Å²) in [6, 6.07) is 14.9. The van der Waals surface area contributed by atoms with E-state index >= 15 is 0 Å². The molecule has 5 rings (SSSR count). The van der Waals surface area contributed by atoms with Crippen LogP contribution in [0.5, 0.6) is 0 Å². The molecule has 2 aromatic rings. The van der Waals surface area contributed by atoms with Gasteiger partial charge < -0.3 is 10.0 Å². The van der Waals surface area contributed by atoms with Crippen molar-refractivity contribution in [1.29, 1.82) is 0 Å². The number of benzene rings is 2. The predicted molar refractivity (Wildman–Crippen MR) is 98.8 cm³/mol. The van der Waals surface area contributed by atoms with Gasteiger partial charge in [-0.3, -0.25) is 9.59 Å². The molecular weight excluding hydrogens is 326 g/mol. The number of hydrogen-bond donors (Lipinski definition) is 1. The van der Waals surface area contributed by atoms with Crippen molar-refractivity contribution in [2.45, 2.75) is 31.6 Å². The van der Waals surface area contributed by atoms with Gasteiger partial charge in [-0.05, 0) is 53.4 Å². The van der Waals surface area contributed by atoms with E-state index in [1.807, 2.05) is 17.0 Å². The summed E-state index contributed by atoms with van der Waals surface area (Å²) in [6.07, 6.45) is 3.44. The van der Waals surface area contributed by atoms with E-state index < -0.39 is 5.97 Å². The standard InChI is InChI=1S/C22H23NO3/c24-20(23-9-7-22(8-10-23)13-19(22)21(25)26)18-12-17(18)16-6-5-14-3-1-2-4-15(14)11-16/h1-6,11,17-19H,7-10,12-13H2,(H,25,26). The van der Waals surface area contributed by atoms with Crippen molar-refractivity contribution in [1.82, 2.24) is 4.90 Å². The molecule has 1 N–H and O–H groups in total. The van der Waals surface area contributed by atoms with Gasteiger partial charge in [0.15, 0.2) is 0 Å². The van der Waals surface area contributed by atoms with Crippen molar-refractivity contribution in [3.8, 4) is 0 Å². The Bertz CT molecular complexity index is 897. The van der Waals surface area contributed by atoms with E-state index in [0.717, 1.165) is 38.8 Å². The maximum absolute atomic E-state index is 12.9. The minimum atomic E-state index is -0.664. The molecule has 1 amide bonds. The number of carboxylic acid groups (broad SMARTS) is 1. The van der Waals surface area contributed by atoms with Gasteiger partial charge in [0, 0.05) is 19.0 Å². The van der Waals surface area contributed by atoms with Crippen LogP contribution in [0.3, 0.4) is 0 Å². The highest BCUT2D eigenvalue weighted by atomic mass is 16.4. The molecule has 0 aromatic heterocycles. The quantitative estimate of drug-likeness (QED) is 0.920. The van der Waals surface area contributed by atoms with E-state index in [1.165, 1.54) is 16.3 Å². The zero-order valence-electron chi connectivity index (χ0n) is 14.7. The van der Waals surface area contributed by atoms with Gasteiger partial charge in [-0.25, -0.2) is 0 Å². The molecule has 0 bridgehead atoms. The van der Waals surface area contributed by atoms with E-state index in [1.54, 1.807) is 0 Å². The average molecular weight is 349 g/mol.